The van der Waals surface area contributed by atoms with Crippen molar-refractivity contribution in [2.45, 2.75) is 31.8 Å². The molecule has 1 amide bonds. The fraction of sp³-hybridized carbons (Fsp3) is 0.333. The zero-order valence-corrected chi connectivity index (χ0v) is 17.9. The summed E-state index contributed by atoms with van der Waals surface area (Å²) in [5.41, 5.74) is 1.82. The highest BCUT2D eigenvalue weighted by Gasteiger charge is 2.44. The maximum atomic E-state index is 12.7. The molecule has 0 aromatic heterocycles. The molecule has 5 nitrogen and oxygen atoms in total. The number of halogens is 1. The summed E-state index contributed by atoms with van der Waals surface area (Å²) < 4.78 is 11.5. The quantitative estimate of drug-likeness (QED) is 0.669. The molecule has 156 valence electrons. The van der Waals surface area contributed by atoms with Crippen molar-refractivity contribution in [2.24, 2.45) is 0 Å². The van der Waals surface area contributed by atoms with E-state index < -0.39 is 5.60 Å². The molecule has 0 aliphatic carbocycles. The Balaban J connectivity index is 1.41. The monoisotopic (exact) mass is 425 g/mol. The maximum absolute atomic E-state index is 12.7. The molecule has 1 saturated heterocycles. The van der Waals surface area contributed by atoms with Gasteiger partial charge in [0.15, 0.2) is 5.78 Å². The Labute approximate surface area is 181 Å². The Morgan fingerprint density at radius 1 is 1.20 bits per heavy atom. The van der Waals surface area contributed by atoms with Gasteiger partial charge in [0.2, 0.25) is 5.91 Å². The number of rotatable bonds is 3. The van der Waals surface area contributed by atoms with Gasteiger partial charge in [-0.1, -0.05) is 23.7 Å². The van der Waals surface area contributed by atoms with Crippen molar-refractivity contribution in [1.82, 2.24) is 4.90 Å². The minimum Gasteiger partial charge on any atom is -0.497 e. The molecule has 2 aromatic rings. The predicted octanol–water partition coefficient (Wildman–Crippen LogP) is 4.70. The summed E-state index contributed by atoms with van der Waals surface area (Å²) in [6.45, 7) is 3.02. The number of Topliss-reactive ketones (excluding diaryl/α,β-unsaturated/α-hetero) is 1. The summed E-state index contributed by atoms with van der Waals surface area (Å²) in [5, 5.41) is 0.545. The number of ketones is 1. The number of likely N-dealkylation sites (tertiary alicyclic amines) is 1. The third-order valence-corrected chi connectivity index (χ3v) is 6.08. The van der Waals surface area contributed by atoms with Gasteiger partial charge in [-0.05, 0) is 48.4 Å². The second kappa shape index (κ2) is 8.15. The third-order valence-electron chi connectivity index (χ3n) is 5.86. The molecule has 0 bridgehead atoms. The van der Waals surface area contributed by atoms with Crippen LogP contribution < -0.4 is 9.47 Å². The van der Waals surface area contributed by atoms with Crippen LogP contribution in [0, 0.1) is 6.92 Å². The summed E-state index contributed by atoms with van der Waals surface area (Å²) in [5.74, 6) is 1.43. The number of carbonyl (C=O) groups excluding carboxylic acids is 2. The Hall–Kier alpha value is -2.79. The van der Waals surface area contributed by atoms with E-state index >= 15 is 0 Å². The first-order valence-corrected chi connectivity index (χ1v) is 10.4. The van der Waals surface area contributed by atoms with E-state index in [2.05, 4.69) is 0 Å². The van der Waals surface area contributed by atoms with Gasteiger partial charge < -0.3 is 14.4 Å². The topological polar surface area (TPSA) is 55.8 Å². The first kappa shape index (κ1) is 20.5. The van der Waals surface area contributed by atoms with Gasteiger partial charge in [-0.2, -0.15) is 0 Å². The van der Waals surface area contributed by atoms with E-state index in [-0.39, 0.29) is 11.7 Å². The molecule has 0 atom stereocenters. The van der Waals surface area contributed by atoms with Crippen molar-refractivity contribution in [2.75, 3.05) is 20.2 Å². The van der Waals surface area contributed by atoms with E-state index in [0.29, 0.717) is 48.7 Å². The van der Waals surface area contributed by atoms with Gasteiger partial charge in [0.25, 0.3) is 0 Å². The summed E-state index contributed by atoms with van der Waals surface area (Å²) >= 11 is 6.10. The van der Waals surface area contributed by atoms with Crippen LogP contribution in [0.5, 0.6) is 11.5 Å². The number of carbonyl (C=O) groups is 2. The van der Waals surface area contributed by atoms with Crippen molar-refractivity contribution in [3.05, 3.63) is 64.2 Å². The number of ether oxygens (including phenoxy) is 2. The second-order valence-corrected chi connectivity index (χ2v) is 8.35. The van der Waals surface area contributed by atoms with Crippen LogP contribution in [0.15, 0.2) is 42.5 Å². The fourth-order valence-corrected chi connectivity index (χ4v) is 4.39. The SMILES string of the molecule is COc1ccc(/C=C/C(=O)N2CCC3(CC2)CC(=O)c2cc(Cl)cc(C)c2O3)cc1. The van der Waals surface area contributed by atoms with Gasteiger partial charge in [-0.15, -0.1) is 0 Å². The van der Waals surface area contributed by atoms with Gasteiger partial charge in [0, 0.05) is 37.0 Å². The minimum atomic E-state index is -0.543. The molecule has 1 fully saturated rings. The molecule has 4 rings (SSSR count). The van der Waals surface area contributed by atoms with Gasteiger partial charge in [0.05, 0.1) is 19.1 Å². The molecule has 2 heterocycles. The standard InChI is InChI=1S/C24H24ClNO4/c1-16-13-18(25)14-20-21(27)15-24(30-23(16)20)9-11-26(12-10-24)22(28)8-5-17-3-6-19(29-2)7-4-17/h3-8,13-14H,9-12,15H2,1-2H3/b8-5+. The fourth-order valence-electron chi connectivity index (χ4n) is 4.11. The van der Waals surface area contributed by atoms with Crippen LogP contribution in [0.2, 0.25) is 5.02 Å². The number of piperidine rings is 1. The van der Waals surface area contributed by atoms with Crippen LogP contribution in [0.25, 0.3) is 6.08 Å². The number of aryl methyl sites for hydroxylation is 1. The van der Waals surface area contributed by atoms with E-state index in [1.807, 2.05) is 42.2 Å². The molecule has 30 heavy (non-hydrogen) atoms. The zero-order chi connectivity index (χ0) is 21.3. The molecule has 0 N–H and O–H groups in total. The molecule has 2 aliphatic rings. The number of amides is 1. The van der Waals surface area contributed by atoms with E-state index in [9.17, 15) is 9.59 Å². The summed E-state index contributed by atoms with van der Waals surface area (Å²) in [6, 6.07) is 11.0. The van der Waals surface area contributed by atoms with Crippen molar-refractivity contribution in [3.8, 4) is 11.5 Å². The van der Waals surface area contributed by atoms with Crippen LogP contribution in [0.1, 0.15) is 40.7 Å². The summed E-state index contributed by atoms with van der Waals surface area (Å²) in [7, 11) is 1.62. The molecule has 0 radical (unpaired) electrons. The number of benzene rings is 2. The minimum absolute atomic E-state index is 0.0360. The van der Waals surface area contributed by atoms with Crippen molar-refractivity contribution >= 4 is 29.4 Å². The number of hydrogen-bond acceptors (Lipinski definition) is 4. The smallest absolute Gasteiger partial charge is 0.246 e. The number of nitrogens with zero attached hydrogens (tertiary/aromatic N) is 1. The molecule has 1 spiro atoms. The lowest BCUT2D eigenvalue weighted by atomic mass is 9.82. The van der Waals surface area contributed by atoms with Crippen LogP contribution >= 0.6 is 11.6 Å². The lowest BCUT2D eigenvalue weighted by Gasteiger charge is -2.44. The van der Waals surface area contributed by atoms with Gasteiger partial charge in [-0.25, -0.2) is 0 Å². The first-order valence-electron chi connectivity index (χ1n) is 10.0. The third kappa shape index (κ3) is 4.08. The molecule has 0 saturated carbocycles. The summed E-state index contributed by atoms with van der Waals surface area (Å²) in [4.78, 5) is 27.2. The maximum Gasteiger partial charge on any atom is 0.246 e. The van der Waals surface area contributed by atoms with Crippen LogP contribution in [0.3, 0.4) is 0 Å². The molecule has 2 aromatic carbocycles. The van der Waals surface area contributed by atoms with Gasteiger partial charge in [0.1, 0.15) is 17.1 Å². The van der Waals surface area contributed by atoms with Crippen LogP contribution in [0.4, 0.5) is 0 Å². The van der Waals surface area contributed by atoms with E-state index in [1.165, 1.54) is 0 Å². The Morgan fingerprint density at radius 2 is 1.90 bits per heavy atom. The van der Waals surface area contributed by atoms with E-state index in [0.717, 1.165) is 16.9 Å². The number of fused-ring (bicyclic) bond motifs is 1. The van der Waals surface area contributed by atoms with Gasteiger partial charge in [-0.3, -0.25) is 9.59 Å². The molecular formula is C24H24ClNO4. The second-order valence-electron chi connectivity index (χ2n) is 7.92. The highest BCUT2D eigenvalue weighted by atomic mass is 35.5. The summed E-state index contributed by atoms with van der Waals surface area (Å²) in [6.07, 6.45) is 4.97. The first-order chi connectivity index (χ1) is 14.4. The Morgan fingerprint density at radius 3 is 2.57 bits per heavy atom. The van der Waals surface area contributed by atoms with Crippen molar-refractivity contribution in [1.29, 1.82) is 0 Å². The van der Waals surface area contributed by atoms with E-state index in [4.69, 9.17) is 21.1 Å². The average molecular weight is 426 g/mol. The number of hydrogen-bond donors (Lipinski definition) is 0. The van der Waals surface area contributed by atoms with Gasteiger partial charge >= 0.3 is 0 Å². The molecular weight excluding hydrogens is 402 g/mol. The highest BCUT2D eigenvalue weighted by Crippen LogP contribution is 2.42. The normalized spacial score (nSPS) is 17.7. The van der Waals surface area contributed by atoms with Crippen molar-refractivity contribution < 1.29 is 19.1 Å². The largest absolute Gasteiger partial charge is 0.497 e. The lowest BCUT2D eigenvalue weighted by Crippen LogP contribution is -2.52. The predicted molar refractivity (Wildman–Crippen MR) is 116 cm³/mol. The Kier molecular flexibility index (Phi) is 5.56. The van der Waals surface area contributed by atoms with Crippen LogP contribution in [-0.2, 0) is 4.79 Å². The molecule has 0 unspecified atom stereocenters. The highest BCUT2D eigenvalue weighted by molar-refractivity contribution is 6.31. The lowest BCUT2D eigenvalue weighted by molar-refractivity contribution is -0.129. The van der Waals surface area contributed by atoms with E-state index in [1.54, 1.807) is 25.3 Å². The molecule has 2 aliphatic heterocycles. The Bertz CT molecular complexity index is 1000. The average Bonchev–Trinajstić information content (AvgIpc) is 2.74. The number of methoxy groups -OCH3 is 1. The molecule has 6 heteroatoms. The van der Waals surface area contributed by atoms with Crippen molar-refractivity contribution in [3.63, 3.8) is 0 Å². The van der Waals surface area contributed by atoms with Crippen LogP contribution in [-0.4, -0.2) is 42.4 Å². The zero-order valence-electron chi connectivity index (χ0n) is 17.1.